The van der Waals surface area contributed by atoms with Crippen molar-refractivity contribution >= 4 is 0 Å². The Morgan fingerprint density at radius 3 is 2.65 bits per heavy atom. The lowest BCUT2D eigenvalue weighted by molar-refractivity contribution is 0.0722. The summed E-state index contributed by atoms with van der Waals surface area (Å²) < 4.78 is 5.71. The highest BCUT2D eigenvalue weighted by atomic mass is 16.5. The molecular formula is C14H28N2O. The molecule has 1 saturated carbocycles. The summed E-state index contributed by atoms with van der Waals surface area (Å²) >= 11 is 0. The Hall–Kier alpha value is -0.120. The highest BCUT2D eigenvalue weighted by molar-refractivity contribution is 4.90. The molecule has 1 saturated heterocycles. The number of ether oxygens (including phenoxy) is 1. The van der Waals surface area contributed by atoms with E-state index in [4.69, 9.17) is 10.5 Å². The largest absolute Gasteiger partial charge is 0.377 e. The van der Waals surface area contributed by atoms with Crippen molar-refractivity contribution in [2.75, 3.05) is 26.2 Å². The second-order valence-electron chi connectivity index (χ2n) is 5.85. The zero-order valence-electron chi connectivity index (χ0n) is 11.3. The number of nitrogens with two attached hydrogens (primary N) is 1. The Balaban J connectivity index is 1.71. The van der Waals surface area contributed by atoms with Gasteiger partial charge in [-0.2, -0.15) is 0 Å². The van der Waals surface area contributed by atoms with E-state index in [0.29, 0.717) is 6.10 Å². The molecule has 100 valence electrons. The van der Waals surface area contributed by atoms with Crippen LogP contribution < -0.4 is 5.73 Å². The summed E-state index contributed by atoms with van der Waals surface area (Å²) in [5.74, 6) is 0. The van der Waals surface area contributed by atoms with Gasteiger partial charge in [0.05, 0.1) is 6.10 Å². The molecule has 0 aromatic carbocycles. The highest BCUT2D eigenvalue weighted by Crippen LogP contribution is 2.30. The summed E-state index contributed by atoms with van der Waals surface area (Å²) in [7, 11) is 0. The molecule has 0 bridgehead atoms. The Morgan fingerprint density at radius 1 is 1.29 bits per heavy atom. The zero-order chi connectivity index (χ0) is 12.1. The van der Waals surface area contributed by atoms with Gasteiger partial charge < -0.3 is 15.4 Å². The van der Waals surface area contributed by atoms with Crippen LogP contribution in [0.25, 0.3) is 0 Å². The van der Waals surface area contributed by atoms with E-state index in [1.54, 1.807) is 0 Å². The van der Waals surface area contributed by atoms with Crippen LogP contribution in [0.2, 0.25) is 0 Å². The minimum atomic E-state index is 0.143. The SMILES string of the molecule is CCN(CCC1(N)CCCC1)CC1CCCO1. The van der Waals surface area contributed by atoms with Crippen LogP contribution in [0.15, 0.2) is 0 Å². The monoisotopic (exact) mass is 240 g/mol. The van der Waals surface area contributed by atoms with Crippen LogP contribution in [-0.4, -0.2) is 42.8 Å². The quantitative estimate of drug-likeness (QED) is 0.773. The van der Waals surface area contributed by atoms with Crippen LogP contribution in [-0.2, 0) is 4.74 Å². The van der Waals surface area contributed by atoms with Gasteiger partial charge in [-0.05, 0) is 45.2 Å². The molecule has 1 aliphatic heterocycles. The summed E-state index contributed by atoms with van der Waals surface area (Å²) in [4.78, 5) is 2.52. The fraction of sp³-hybridized carbons (Fsp3) is 1.00. The lowest BCUT2D eigenvalue weighted by Gasteiger charge is -2.29. The van der Waals surface area contributed by atoms with Gasteiger partial charge in [0, 0.05) is 18.7 Å². The molecule has 1 atom stereocenters. The normalized spacial score (nSPS) is 28.1. The average molecular weight is 240 g/mol. The molecule has 3 nitrogen and oxygen atoms in total. The molecule has 0 amide bonds. The van der Waals surface area contributed by atoms with Crippen molar-refractivity contribution in [2.24, 2.45) is 5.73 Å². The van der Waals surface area contributed by atoms with Crippen LogP contribution in [0.1, 0.15) is 51.9 Å². The molecule has 17 heavy (non-hydrogen) atoms. The van der Waals surface area contributed by atoms with Crippen molar-refractivity contribution in [1.82, 2.24) is 4.90 Å². The first-order valence-electron chi connectivity index (χ1n) is 7.35. The van der Waals surface area contributed by atoms with Gasteiger partial charge in [-0.25, -0.2) is 0 Å². The molecule has 0 aromatic heterocycles. The highest BCUT2D eigenvalue weighted by Gasteiger charge is 2.29. The summed E-state index contributed by atoms with van der Waals surface area (Å²) in [5.41, 5.74) is 6.56. The fourth-order valence-corrected chi connectivity index (χ4v) is 3.16. The van der Waals surface area contributed by atoms with Crippen LogP contribution in [0.5, 0.6) is 0 Å². The van der Waals surface area contributed by atoms with Crippen molar-refractivity contribution in [1.29, 1.82) is 0 Å². The first-order valence-corrected chi connectivity index (χ1v) is 7.35. The molecule has 2 N–H and O–H groups in total. The van der Waals surface area contributed by atoms with E-state index in [9.17, 15) is 0 Å². The van der Waals surface area contributed by atoms with E-state index >= 15 is 0 Å². The van der Waals surface area contributed by atoms with Gasteiger partial charge in [-0.1, -0.05) is 19.8 Å². The predicted molar refractivity (Wildman–Crippen MR) is 71.1 cm³/mol. The van der Waals surface area contributed by atoms with E-state index in [1.807, 2.05) is 0 Å². The predicted octanol–water partition coefficient (Wildman–Crippen LogP) is 2.15. The summed E-state index contributed by atoms with van der Waals surface area (Å²) in [5, 5.41) is 0. The molecule has 2 fully saturated rings. The second-order valence-corrected chi connectivity index (χ2v) is 5.85. The number of hydrogen-bond acceptors (Lipinski definition) is 3. The summed E-state index contributed by atoms with van der Waals surface area (Å²) in [6, 6.07) is 0. The van der Waals surface area contributed by atoms with Gasteiger partial charge in [-0.3, -0.25) is 0 Å². The number of nitrogens with zero attached hydrogens (tertiary/aromatic N) is 1. The molecule has 1 aliphatic carbocycles. The van der Waals surface area contributed by atoms with Crippen molar-refractivity contribution in [3.63, 3.8) is 0 Å². The molecule has 3 heteroatoms. The van der Waals surface area contributed by atoms with E-state index in [-0.39, 0.29) is 5.54 Å². The molecule has 0 radical (unpaired) electrons. The zero-order valence-corrected chi connectivity index (χ0v) is 11.3. The standard InChI is InChI=1S/C14H28N2O/c1-2-16(12-13-6-5-11-17-13)10-9-14(15)7-3-4-8-14/h13H,2-12,15H2,1H3. The molecule has 2 aliphatic rings. The fourth-order valence-electron chi connectivity index (χ4n) is 3.16. The van der Waals surface area contributed by atoms with E-state index in [0.717, 1.165) is 32.7 Å². The average Bonchev–Trinajstić information content (AvgIpc) is 2.96. The third kappa shape index (κ3) is 3.94. The minimum Gasteiger partial charge on any atom is -0.377 e. The summed E-state index contributed by atoms with van der Waals surface area (Å²) in [6.45, 7) is 6.57. The third-order valence-electron chi connectivity index (χ3n) is 4.46. The van der Waals surface area contributed by atoms with Crippen molar-refractivity contribution < 1.29 is 4.74 Å². The lowest BCUT2D eigenvalue weighted by Crippen LogP contribution is -2.42. The smallest absolute Gasteiger partial charge is 0.0702 e. The maximum absolute atomic E-state index is 6.41. The number of rotatable bonds is 6. The topological polar surface area (TPSA) is 38.5 Å². The van der Waals surface area contributed by atoms with Gasteiger partial charge in [0.25, 0.3) is 0 Å². The number of likely N-dealkylation sites (N-methyl/N-ethyl adjacent to an activating group) is 1. The van der Waals surface area contributed by atoms with Gasteiger partial charge >= 0.3 is 0 Å². The second kappa shape index (κ2) is 6.17. The Labute approximate surface area is 106 Å². The number of hydrogen-bond donors (Lipinski definition) is 1. The molecule has 0 spiro atoms. The Morgan fingerprint density at radius 2 is 2.06 bits per heavy atom. The first-order chi connectivity index (χ1) is 8.22. The minimum absolute atomic E-state index is 0.143. The van der Waals surface area contributed by atoms with Crippen LogP contribution in [0.4, 0.5) is 0 Å². The Bertz CT molecular complexity index is 220. The summed E-state index contributed by atoms with van der Waals surface area (Å²) in [6.07, 6.45) is 9.23. The van der Waals surface area contributed by atoms with Gasteiger partial charge in [0.15, 0.2) is 0 Å². The Kier molecular flexibility index (Phi) is 4.83. The molecular weight excluding hydrogens is 212 g/mol. The van der Waals surface area contributed by atoms with Crippen LogP contribution >= 0.6 is 0 Å². The lowest BCUT2D eigenvalue weighted by atomic mass is 9.94. The van der Waals surface area contributed by atoms with E-state index in [2.05, 4.69) is 11.8 Å². The maximum Gasteiger partial charge on any atom is 0.0702 e. The van der Waals surface area contributed by atoms with E-state index < -0.39 is 0 Å². The van der Waals surface area contributed by atoms with Crippen LogP contribution in [0, 0.1) is 0 Å². The first kappa shape index (κ1) is 13.3. The van der Waals surface area contributed by atoms with Gasteiger partial charge in [-0.15, -0.1) is 0 Å². The molecule has 1 unspecified atom stereocenters. The van der Waals surface area contributed by atoms with Crippen molar-refractivity contribution in [2.45, 2.75) is 63.5 Å². The molecule has 2 rings (SSSR count). The molecule has 1 heterocycles. The molecule has 0 aromatic rings. The van der Waals surface area contributed by atoms with Crippen LogP contribution in [0.3, 0.4) is 0 Å². The van der Waals surface area contributed by atoms with E-state index in [1.165, 1.54) is 38.5 Å². The van der Waals surface area contributed by atoms with Gasteiger partial charge in [0.2, 0.25) is 0 Å². The third-order valence-corrected chi connectivity index (χ3v) is 4.46. The van der Waals surface area contributed by atoms with Crippen molar-refractivity contribution in [3.05, 3.63) is 0 Å². The van der Waals surface area contributed by atoms with Gasteiger partial charge in [0.1, 0.15) is 0 Å². The van der Waals surface area contributed by atoms with Crippen molar-refractivity contribution in [3.8, 4) is 0 Å². The maximum atomic E-state index is 6.41.